The van der Waals surface area contributed by atoms with Gasteiger partial charge in [-0.1, -0.05) is 24.3 Å². The average Bonchev–Trinajstić information content (AvgIpc) is 3.24. The fourth-order valence-electron chi connectivity index (χ4n) is 2.98. The van der Waals surface area contributed by atoms with Crippen LogP contribution in [-0.2, 0) is 6.42 Å². The van der Waals surface area contributed by atoms with E-state index in [-0.39, 0.29) is 0 Å². The van der Waals surface area contributed by atoms with E-state index in [1.165, 1.54) is 11.3 Å². The van der Waals surface area contributed by atoms with Gasteiger partial charge in [0, 0.05) is 31.9 Å². The third kappa shape index (κ3) is 2.47. The highest BCUT2D eigenvalue weighted by Gasteiger charge is 2.27. The molecule has 1 aliphatic rings. The molecule has 0 saturated carbocycles. The van der Waals surface area contributed by atoms with Gasteiger partial charge in [-0.05, 0) is 30.0 Å². The Bertz CT molecular complexity index is 813. The number of anilines is 3. The number of para-hydroxylation sites is 1. The number of hydrogen-bond acceptors (Lipinski definition) is 5. The lowest BCUT2D eigenvalue weighted by atomic mass is 10.2. The quantitative estimate of drug-likeness (QED) is 0.730. The summed E-state index contributed by atoms with van der Waals surface area (Å²) in [6.45, 7) is 0.947. The van der Waals surface area contributed by atoms with Gasteiger partial charge in [-0.3, -0.25) is 0 Å². The summed E-state index contributed by atoms with van der Waals surface area (Å²) in [6.07, 6.45) is 0.975. The van der Waals surface area contributed by atoms with Crippen LogP contribution in [0.1, 0.15) is 5.56 Å². The summed E-state index contributed by atoms with van der Waals surface area (Å²) in [5.74, 6) is 2.88. The van der Waals surface area contributed by atoms with Gasteiger partial charge in [-0.15, -0.1) is 11.3 Å². The number of hydrogen-bond donors (Lipinski definition) is 0. The van der Waals surface area contributed by atoms with Gasteiger partial charge >= 0.3 is 0 Å². The van der Waals surface area contributed by atoms with Crippen LogP contribution in [0, 0.1) is 0 Å². The van der Waals surface area contributed by atoms with E-state index in [2.05, 4.69) is 45.5 Å². The Labute approximate surface area is 140 Å². The fourth-order valence-corrected chi connectivity index (χ4v) is 3.64. The van der Waals surface area contributed by atoms with E-state index in [4.69, 9.17) is 9.97 Å². The zero-order valence-electron chi connectivity index (χ0n) is 13.2. The van der Waals surface area contributed by atoms with Gasteiger partial charge < -0.3 is 9.80 Å². The van der Waals surface area contributed by atoms with Crippen LogP contribution in [0.25, 0.3) is 10.7 Å². The predicted molar refractivity (Wildman–Crippen MR) is 96.8 cm³/mol. The lowest BCUT2D eigenvalue weighted by molar-refractivity contribution is 0.982. The largest absolute Gasteiger partial charge is 0.362 e. The Morgan fingerprint density at radius 1 is 1.04 bits per heavy atom. The number of benzene rings is 1. The van der Waals surface area contributed by atoms with Gasteiger partial charge in [-0.25, -0.2) is 9.97 Å². The molecular weight excluding hydrogens is 304 g/mol. The Hall–Kier alpha value is -2.40. The molecule has 0 spiro atoms. The van der Waals surface area contributed by atoms with Gasteiger partial charge in [0.1, 0.15) is 11.6 Å². The second kappa shape index (κ2) is 5.66. The monoisotopic (exact) mass is 322 g/mol. The SMILES string of the molecule is CN(C)c1nc(-c2cccs2)nc2c1CCN2c1ccccc1. The van der Waals surface area contributed by atoms with Crippen molar-refractivity contribution in [2.75, 3.05) is 30.4 Å². The highest BCUT2D eigenvalue weighted by Crippen LogP contribution is 2.38. The Kier molecular flexibility index (Phi) is 3.50. The first-order chi connectivity index (χ1) is 11.2. The molecule has 3 heterocycles. The summed E-state index contributed by atoms with van der Waals surface area (Å²) in [5.41, 5.74) is 2.42. The second-order valence-electron chi connectivity index (χ2n) is 5.78. The topological polar surface area (TPSA) is 32.3 Å². The minimum Gasteiger partial charge on any atom is -0.362 e. The molecule has 0 saturated heterocycles. The van der Waals surface area contributed by atoms with E-state index in [0.29, 0.717) is 0 Å². The van der Waals surface area contributed by atoms with Crippen molar-refractivity contribution in [2.45, 2.75) is 6.42 Å². The number of aromatic nitrogens is 2. The maximum Gasteiger partial charge on any atom is 0.173 e. The van der Waals surface area contributed by atoms with Crippen molar-refractivity contribution in [1.29, 1.82) is 0 Å². The first-order valence-corrected chi connectivity index (χ1v) is 8.56. The number of fused-ring (bicyclic) bond motifs is 1. The fraction of sp³-hybridized carbons (Fsp3) is 0.222. The van der Waals surface area contributed by atoms with Gasteiger partial charge in [0.25, 0.3) is 0 Å². The average molecular weight is 322 g/mol. The smallest absolute Gasteiger partial charge is 0.173 e. The molecule has 1 aromatic carbocycles. The van der Waals surface area contributed by atoms with E-state index in [0.717, 1.165) is 35.3 Å². The van der Waals surface area contributed by atoms with E-state index < -0.39 is 0 Å². The molecule has 0 fully saturated rings. The van der Waals surface area contributed by atoms with Crippen molar-refractivity contribution in [3.63, 3.8) is 0 Å². The van der Waals surface area contributed by atoms with Gasteiger partial charge in [0.15, 0.2) is 5.82 Å². The van der Waals surface area contributed by atoms with Crippen molar-refractivity contribution in [1.82, 2.24) is 9.97 Å². The molecule has 1 aliphatic heterocycles. The van der Waals surface area contributed by atoms with Gasteiger partial charge in [0.2, 0.25) is 0 Å². The Balaban J connectivity index is 1.88. The predicted octanol–water partition coefficient (Wildman–Crippen LogP) is 3.97. The van der Waals surface area contributed by atoms with Crippen molar-refractivity contribution in [3.8, 4) is 10.7 Å². The van der Waals surface area contributed by atoms with Crippen LogP contribution in [0.4, 0.5) is 17.3 Å². The highest BCUT2D eigenvalue weighted by atomic mass is 32.1. The van der Waals surface area contributed by atoms with E-state index in [1.54, 1.807) is 11.3 Å². The molecule has 0 unspecified atom stereocenters. The van der Waals surface area contributed by atoms with Crippen molar-refractivity contribution >= 4 is 28.7 Å². The van der Waals surface area contributed by atoms with Crippen molar-refractivity contribution in [2.24, 2.45) is 0 Å². The molecule has 0 amide bonds. The molecule has 3 aromatic rings. The minimum atomic E-state index is 0.810. The second-order valence-corrected chi connectivity index (χ2v) is 6.73. The molecule has 23 heavy (non-hydrogen) atoms. The maximum absolute atomic E-state index is 4.90. The number of thiophene rings is 1. The molecule has 0 N–H and O–H groups in total. The minimum absolute atomic E-state index is 0.810. The molecule has 4 rings (SSSR count). The van der Waals surface area contributed by atoms with Crippen LogP contribution in [0.3, 0.4) is 0 Å². The van der Waals surface area contributed by atoms with Crippen LogP contribution >= 0.6 is 11.3 Å². The lowest BCUT2D eigenvalue weighted by Gasteiger charge is -2.21. The zero-order chi connectivity index (χ0) is 15.8. The normalized spacial score (nSPS) is 13.2. The molecule has 5 heteroatoms. The van der Waals surface area contributed by atoms with Crippen LogP contribution in [-0.4, -0.2) is 30.6 Å². The first-order valence-electron chi connectivity index (χ1n) is 7.69. The van der Waals surface area contributed by atoms with Crippen LogP contribution < -0.4 is 9.80 Å². The molecule has 0 aliphatic carbocycles. The number of rotatable bonds is 3. The first kappa shape index (κ1) is 14.2. The summed E-state index contributed by atoms with van der Waals surface area (Å²) in [7, 11) is 4.10. The Morgan fingerprint density at radius 2 is 1.87 bits per heavy atom. The summed E-state index contributed by atoms with van der Waals surface area (Å²) in [5, 5.41) is 2.07. The summed E-state index contributed by atoms with van der Waals surface area (Å²) in [6, 6.07) is 14.6. The maximum atomic E-state index is 4.90. The lowest BCUT2D eigenvalue weighted by Crippen LogP contribution is -2.16. The van der Waals surface area contributed by atoms with Crippen LogP contribution in [0.5, 0.6) is 0 Å². The van der Waals surface area contributed by atoms with Crippen LogP contribution in [0.2, 0.25) is 0 Å². The van der Waals surface area contributed by atoms with E-state index >= 15 is 0 Å². The van der Waals surface area contributed by atoms with E-state index in [9.17, 15) is 0 Å². The molecule has 116 valence electrons. The molecule has 4 nitrogen and oxygen atoms in total. The standard InChI is InChI=1S/C18H18N4S/c1-21(2)17-14-10-11-22(13-7-4-3-5-8-13)18(14)20-16(19-17)15-9-6-12-23-15/h3-9,12H,10-11H2,1-2H3. The molecule has 0 bridgehead atoms. The molecule has 2 aromatic heterocycles. The molecular formula is C18H18N4S. The number of nitrogens with zero attached hydrogens (tertiary/aromatic N) is 4. The molecule has 0 radical (unpaired) electrons. The summed E-state index contributed by atoms with van der Waals surface area (Å²) >= 11 is 1.68. The van der Waals surface area contributed by atoms with Crippen molar-refractivity contribution in [3.05, 3.63) is 53.4 Å². The van der Waals surface area contributed by atoms with E-state index in [1.807, 2.05) is 26.2 Å². The summed E-state index contributed by atoms with van der Waals surface area (Å²) in [4.78, 5) is 15.2. The van der Waals surface area contributed by atoms with Gasteiger partial charge in [-0.2, -0.15) is 0 Å². The van der Waals surface area contributed by atoms with Crippen molar-refractivity contribution < 1.29 is 0 Å². The highest BCUT2D eigenvalue weighted by molar-refractivity contribution is 7.13. The third-order valence-corrected chi connectivity index (χ3v) is 4.90. The van der Waals surface area contributed by atoms with Gasteiger partial charge in [0.05, 0.1) is 4.88 Å². The molecule has 0 atom stereocenters. The summed E-state index contributed by atoms with van der Waals surface area (Å²) < 4.78 is 0. The Morgan fingerprint density at radius 3 is 2.57 bits per heavy atom. The zero-order valence-corrected chi connectivity index (χ0v) is 14.0. The van der Waals surface area contributed by atoms with Crippen LogP contribution in [0.15, 0.2) is 47.8 Å². The third-order valence-electron chi connectivity index (χ3n) is 4.04.